The lowest BCUT2D eigenvalue weighted by Gasteiger charge is -2.26. The molecule has 1 heteroatoms. The Morgan fingerprint density at radius 1 is 1.31 bits per heavy atom. The van der Waals surface area contributed by atoms with Gasteiger partial charge in [-0.3, -0.25) is 0 Å². The fourth-order valence-electron chi connectivity index (χ4n) is 2.13. The van der Waals surface area contributed by atoms with Crippen LogP contribution in [0.5, 0.6) is 0 Å². The fourth-order valence-corrected chi connectivity index (χ4v) is 2.13. The van der Waals surface area contributed by atoms with Gasteiger partial charge >= 0.3 is 0 Å². The van der Waals surface area contributed by atoms with Gasteiger partial charge in [0.25, 0.3) is 0 Å². The van der Waals surface area contributed by atoms with Crippen LogP contribution in [0.2, 0.25) is 0 Å². The van der Waals surface area contributed by atoms with Gasteiger partial charge in [0.1, 0.15) is 0 Å². The standard InChI is InChI=1S/C12H23N/c1-3-9-13-10-8-12-6-4-11(2)5-7-12/h3,11-13H,1,4-10H2,2H3. The summed E-state index contributed by atoms with van der Waals surface area (Å²) in [4.78, 5) is 0. The zero-order chi connectivity index (χ0) is 9.52. The van der Waals surface area contributed by atoms with Crippen molar-refractivity contribution in [2.24, 2.45) is 11.8 Å². The first kappa shape index (κ1) is 10.8. The van der Waals surface area contributed by atoms with Gasteiger partial charge in [0.2, 0.25) is 0 Å². The zero-order valence-electron chi connectivity index (χ0n) is 8.89. The monoisotopic (exact) mass is 181 g/mol. The van der Waals surface area contributed by atoms with Gasteiger partial charge in [-0.2, -0.15) is 0 Å². The quantitative estimate of drug-likeness (QED) is 0.508. The smallest absolute Gasteiger partial charge is 0.0132 e. The highest BCUT2D eigenvalue weighted by Crippen LogP contribution is 2.29. The molecule has 0 saturated heterocycles. The molecule has 0 heterocycles. The molecule has 0 aliphatic heterocycles. The highest BCUT2D eigenvalue weighted by molar-refractivity contribution is 4.73. The topological polar surface area (TPSA) is 12.0 Å². The minimum Gasteiger partial charge on any atom is -0.313 e. The molecule has 1 rings (SSSR count). The van der Waals surface area contributed by atoms with Crippen molar-refractivity contribution in [1.82, 2.24) is 5.32 Å². The summed E-state index contributed by atoms with van der Waals surface area (Å²) in [6, 6.07) is 0. The minimum atomic E-state index is 0.961. The van der Waals surface area contributed by atoms with E-state index in [0.29, 0.717) is 0 Å². The van der Waals surface area contributed by atoms with E-state index in [0.717, 1.165) is 18.4 Å². The van der Waals surface area contributed by atoms with E-state index in [4.69, 9.17) is 0 Å². The Balaban J connectivity index is 1.99. The summed E-state index contributed by atoms with van der Waals surface area (Å²) in [5, 5.41) is 3.38. The first-order valence-corrected chi connectivity index (χ1v) is 5.64. The first-order valence-electron chi connectivity index (χ1n) is 5.64. The molecule has 0 amide bonds. The van der Waals surface area contributed by atoms with Crippen LogP contribution < -0.4 is 5.32 Å². The highest BCUT2D eigenvalue weighted by Gasteiger charge is 2.17. The summed E-state index contributed by atoms with van der Waals surface area (Å²) >= 11 is 0. The second kappa shape index (κ2) is 6.20. The summed E-state index contributed by atoms with van der Waals surface area (Å²) in [5.74, 6) is 1.98. The summed E-state index contributed by atoms with van der Waals surface area (Å²) in [6.07, 6.45) is 9.11. The van der Waals surface area contributed by atoms with Gasteiger partial charge in [0.05, 0.1) is 0 Å². The van der Waals surface area contributed by atoms with Crippen molar-refractivity contribution in [2.45, 2.75) is 39.0 Å². The molecule has 0 aromatic carbocycles. The number of rotatable bonds is 5. The van der Waals surface area contributed by atoms with Gasteiger partial charge in [0, 0.05) is 6.54 Å². The number of nitrogens with one attached hydrogen (secondary N) is 1. The van der Waals surface area contributed by atoms with Gasteiger partial charge in [-0.05, 0) is 24.8 Å². The van der Waals surface area contributed by atoms with Gasteiger partial charge in [0.15, 0.2) is 0 Å². The molecule has 0 aromatic rings. The second-order valence-corrected chi connectivity index (χ2v) is 4.41. The third-order valence-corrected chi connectivity index (χ3v) is 3.15. The number of hydrogen-bond donors (Lipinski definition) is 1. The molecule has 1 aliphatic rings. The van der Waals surface area contributed by atoms with Crippen LogP contribution in [0.3, 0.4) is 0 Å². The third-order valence-electron chi connectivity index (χ3n) is 3.15. The van der Waals surface area contributed by atoms with Crippen molar-refractivity contribution in [2.75, 3.05) is 13.1 Å². The van der Waals surface area contributed by atoms with Gasteiger partial charge in [-0.15, -0.1) is 6.58 Å². The molecule has 0 unspecified atom stereocenters. The Labute approximate surface area is 82.6 Å². The van der Waals surface area contributed by atoms with Gasteiger partial charge in [-0.25, -0.2) is 0 Å². The molecule has 1 saturated carbocycles. The largest absolute Gasteiger partial charge is 0.313 e. The lowest BCUT2D eigenvalue weighted by molar-refractivity contribution is 0.276. The predicted octanol–water partition coefficient (Wildman–Crippen LogP) is 2.98. The summed E-state index contributed by atoms with van der Waals surface area (Å²) in [7, 11) is 0. The minimum absolute atomic E-state index is 0.961. The van der Waals surface area contributed by atoms with Crippen LogP contribution >= 0.6 is 0 Å². The van der Waals surface area contributed by atoms with Crippen molar-refractivity contribution in [3.05, 3.63) is 12.7 Å². The van der Waals surface area contributed by atoms with Gasteiger partial charge < -0.3 is 5.32 Å². The van der Waals surface area contributed by atoms with Crippen molar-refractivity contribution in [3.8, 4) is 0 Å². The fraction of sp³-hybridized carbons (Fsp3) is 0.833. The molecule has 0 bridgehead atoms. The average Bonchev–Trinajstić information content (AvgIpc) is 2.15. The summed E-state index contributed by atoms with van der Waals surface area (Å²) in [5.41, 5.74) is 0. The Kier molecular flexibility index (Phi) is 5.14. The third kappa shape index (κ3) is 4.47. The lowest BCUT2D eigenvalue weighted by Crippen LogP contribution is -2.20. The molecule has 0 atom stereocenters. The van der Waals surface area contributed by atoms with E-state index >= 15 is 0 Å². The molecule has 1 nitrogen and oxygen atoms in total. The van der Waals surface area contributed by atoms with Gasteiger partial charge in [-0.1, -0.05) is 38.7 Å². The van der Waals surface area contributed by atoms with Crippen molar-refractivity contribution >= 4 is 0 Å². The normalized spacial score (nSPS) is 28.7. The van der Waals surface area contributed by atoms with E-state index in [-0.39, 0.29) is 0 Å². The van der Waals surface area contributed by atoms with E-state index in [1.807, 2.05) is 6.08 Å². The van der Waals surface area contributed by atoms with Crippen LogP contribution in [0, 0.1) is 11.8 Å². The molecule has 1 N–H and O–H groups in total. The molecular weight excluding hydrogens is 158 g/mol. The Bertz CT molecular complexity index is 134. The molecule has 0 aromatic heterocycles. The van der Waals surface area contributed by atoms with E-state index in [1.165, 1.54) is 38.6 Å². The Morgan fingerprint density at radius 3 is 2.62 bits per heavy atom. The summed E-state index contributed by atoms with van der Waals surface area (Å²) in [6.45, 7) is 8.21. The maximum Gasteiger partial charge on any atom is 0.0132 e. The Morgan fingerprint density at radius 2 is 2.00 bits per heavy atom. The zero-order valence-corrected chi connectivity index (χ0v) is 8.89. The van der Waals surface area contributed by atoms with Crippen LogP contribution in [0.15, 0.2) is 12.7 Å². The van der Waals surface area contributed by atoms with Crippen molar-refractivity contribution in [3.63, 3.8) is 0 Å². The van der Waals surface area contributed by atoms with Crippen LogP contribution in [0.1, 0.15) is 39.0 Å². The lowest BCUT2D eigenvalue weighted by atomic mass is 9.81. The number of hydrogen-bond acceptors (Lipinski definition) is 1. The van der Waals surface area contributed by atoms with E-state index in [2.05, 4.69) is 18.8 Å². The van der Waals surface area contributed by atoms with E-state index < -0.39 is 0 Å². The molecule has 0 radical (unpaired) electrons. The van der Waals surface area contributed by atoms with Crippen LogP contribution in [0.25, 0.3) is 0 Å². The highest BCUT2D eigenvalue weighted by atomic mass is 14.8. The van der Waals surface area contributed by atoms with E-state index in [1.54, 1.807) is 0 Å². The SMILES string of the molecule is C=CCNCCC1CCC(C)CC1. The van der Waals surface area contributed by atoms with E-state index in [9.17, 15) is 0 Å². The van der Waals surface area contributed by atoms with Crippen LogP contribution in [-0.4, -0.2) is 13.1 Å². The summed E-state index contributed by atoms with van der Waals surface area (Å²) < 4.78 is 0. The molecular formula is C12H23N. The maximum atomic E-state index is 3.69. The molecule has 76 valence electrons. The van der Waals surface area contributed by atoms with Crippen LogP contribution in [0.4, 0.5) is 0 Å². The predicted molar refractivity (Wildman–Crippen MR) is 58.8 cm³/mol. The first-order chi connectivity index (χ1) is 6.33. The molecule has 0 spiro atoms. The Hall–Kier alpha value is -0.300. The molecule has 1 fully saturated rings. The second-order valence-electron chi connectivity index (χ2n) is 4.41. The van der Waals surface area contributed by atoms with Crippen molar-refractivity contribution < 1.29 is 0 Å². The maximum absolute atomic E-state index is 3.69. The van der Waals surface area contributed by atoms with Crippen molar-refractivity contribution in [1.29, 1.82) is 0 Å². The molecule has 1 aliphatic carbocycles. The molecule has 13 heavy (non-hydrogen) atoms. The van der Waals surface area contributed by atoms with Crippen LogP contribution in [-0.2, 0) is 0 Å². The average molecular weight is 181 g/mol.